The van der Waals surface area contributed by atoms with Crippen molar-refractivity contribution in [2.75, 3.05) is 12.3 Å². The van der Waals surface area contributed by atoms with Crippen LogP contribution in [0.1, 0.15) is 24.4 Å². The van der Waals surface area contributed by atoms with E-state index in [2.05, 4.69) is 15.5 Å². The minimum absolute atomic E-state index is 0.0316. The van der Waals surface area contributed by atoms with Crippen molar-refractivity contribution in [1.29, 1.82) is 0 Å². The van der Waals surface area contributed by atoms with Gasteiger partial charge in [0.2, 0.25) is 5.91 Å². The summed E-state index contributed by atoms with van der Waals surface area (Å²) in [6.07, 6.45) is 0.476. The van der Waals surface area contributed by atoms with Crippen LogP contribution < -0.4 is 10.1 Å². The quantitative estimate of drug-likeness (QED) is 0.518. The predicted octanol–water partition coefficient (Wildman–Crippen LogP) is 4.06. The summed E-state index contributed by atoms with van der Waals surface area (Å²) in [6.45, 7) is 2.49. The van der Waals surface area contributed by atoms with E-state index in [0.29, 0.717) is 28.3 Å². The van der Waals surface area contributed by atoms with Crippen LogP contribution in [-0.2, 0) is 18.3 Å². The molecule has 0 aliphatic rings. The highest BCUT2D eigenvalue weighted by Gasteiger charge is 2.18. The third kappa shape index (κ3) is 5.98. The first-order chi connectivity index (χ1) is 14.0. The van der Waals surface area contributed by atoms with Crippen LogP contribution in [0.15, 0.2) is 59.8 Å². The number of rotatable bonds is 9. The topological polar surface area (TPSA) is 69.0 Å². The lowest BCUT2D eigenvalue weighted by molar-refractivity contribution is -0.118. The molecule has 1 N–H and O–H groups in total. The molecule has 1 atom stereocenters. The van der Waals surface area contributed by atoms with Crippen LogP contribution in [-0.4, -0.2) is 33.0 Å². The van der Waals surface area contributed by atoms with E-state index in [1.54, 1.807) is 6.07 Å². The molecule has 0 spiro atoms. The summed E-state index contributed by atoms with van der Waals surface area (Å²) >= 11 is 7.49. The minimum atomic E-state index is -0.332. The molecule has 1 heterocycles. The fourth-order valence-electron chi connectivity index (χ4n) is 2.76. The molecule has 2 aromatic carbocycles. The van der Waals surface area contributed by atoms with Gasteiger partial charge in [0.15, 0.2) is 17.1 Å². The summed E-state index contributed by atoms with van der Waals surface area (Å²) in [6, 6.07) is 17.4. The van der Waals surface area contributed by atoms with Gasteiger partial charge in [0.25, 0.3) is 0 Å². The molecule has 6 nitrogen and oxygen atoms in total. The first-order valence-corrected chi connectivity index (χ1v) is 10.6. The summed E-state index contributed by atoms with van der Waals surface area (Å²) in [7, 11) is 1.86. The Kier molecular flexibility index (Phi) is 7.55. The molecule has 1 amide bonds. The Morgan fingerprint density at radius 1 is 1.17 bits per heavy atom. The molecule has 0 saturated carbocycles. The van der Waals surface area contributed by atoms with Gasteiger partial charge in [0, 0.05) is 13.6 Å². The van der Waals surface area contributed by atoms with Crippen molar-refractivity contribution >= 4 is 29.3 Å². The molecule has 1 unspecified atom stereocenters. The number of para-hydroxylation sites is 1. The number of aromatic nitrogens is 3. The molecule has 0 fully saturated rings. The Bertz CT molecular complexity index is 949. The molecule has 0 radical (unpaired) electrons. The van der Waals surface area contributed by atoms with E-state index in [1.807, 2.05) is 67.1 Å². The van der Waals surface area contributed by atoms with Crippen LogP contribution in [0.2, 0.25) is 5.02 Å². The highest BCUT2D eigenvalue weighted by Crippen LogP contribution is 2.28. The van der Waals surface area contributed by atoms with Crippen LogP contribution in [0.5, 0.6) is 5.75 Å². The number of carbonyl (C=O) groups excluding carboxylic acids is 1. The summed E-state index contributed by atoms with van der Waals surface area (Å²) in [5.41, 5.74) is 1.20. The lowest BCUT2D eigenvalue weighted by Crippen LogP contribution is -2.27. The lowest BCUT2D eigenvalue weighted by Gasteiger charge is -2.15. The Morgan fingerprint density at radius 3 is 2.66 bits per heavy atom. The SMILES string of the molecule is CC(Oc1ccccc1Cl)c1nnc(SCC(=O)NCCc2ccccc2)n1C. The molecule has 0 aliphatic heterocycles. The smallest absolute Gasteiger partial charge is 0.230 e. The molecule has 0 saturated heterocycles. The molecular formula is C21H23ClN4O2S. The highest BCUT2D eigenvalue weighted by molar-refractivity contribution is 7.99. The van der Waals surface area contributed by atoms with E-state index in [1.165, 1.54) is 17.3 Å². The number of halogens is 1. The van der Waals surface area contributed by atoms with Gasteiger partial charge < -0.3 is 14.6 Å². The number of thioether (sulfide) groups is 1. The van der Waals surface area contributed by atoms with Crippen molar-refractivity contribution in [3.05, 3.63) is 71.0 Å². The van der Waals surface area contributed by atoms with Gasteiger partial charge in [0.1, 0.15) is 5.75 Å². The number of nitrogens with zero attached hydrogens (tertiary/aromatic N) is 3. The van der Waals surface area contributed by atoms with Gasteiger partial charge in [-0.15, -0.1) is 10.2 Å². The Balaban J connectivity index is 1.49. The lowest BCUT2D eigenvalue weighted by atomic mass is 10.1. The van der Waals surface area contributed by atoms with E-state index in [4.69, 9.17) is 16.3 Å². The molecule has 3 rings (SSSR count). The fourth-order valence-corrected chi connectivity index (χ4v) is 3.69. The zero-order valence-corrected chi connectivity index (χ0v) is 17.9. The van der Waals surface area contributed by atoms with Gasteiger partial charge in [-0.1, -0.05) is 65.8 Å². The van der Waals surface area contributed by atoms with Crippen molar-refractivity contribution in [2.24, 2.45) is 7.05 Å². The van der Waals surface area contributed by atoms with Gasteiger partial charge in [-0.25, -0.2) is 0 Å². The number of amides is 1. The maximum atomic E-state index is 12.1. The van der Waals surface area contributed by atoms with Crippen LogP contribution in [0.3, 0.4) is 0 Å². The predicted molar refractivity (Wildman–Crippen MR) is 115 cm³/mol. The average Bonchev–Trinajstić information content (AvgIpc) is 3.09. The number of hydrogen-bond acceptors (Lipinski definition) is 5. The van der Waals surface area contributed by atoms with Gasteiger partial charge >= 0.3 is 0 Å². The number of hydrogen-bond donors (Lipinski definition) is 1. The molecule has 1 aromatic heterocycles. The normalized spacial score (nSPS) is 11.8. The average molecular weight is 431 g/mol. The van der Waals surface area contributed by atoms with Crippen molar-refractivity contribution in [2.45, 2.75) is 24.6 Å². The fraction of sp³-hybridized carbons (Fsp3) is 0.286. The van der Waals surface area contributed by atoms with Crippen molar-refractivity contribution in [3.63, 3.8) is 0 Å². The van der Waals surface area contributed by atoms with Crippen molar-refractivity contribution in [3.8, 4) is 5.75 Å². The van der Waals surface area contributed by atoms with E-state index >= 15 is 0 Å². The second-order valence-electron chi connectivity index (χ2n) is 6.46. The standard InChI is InChI=1S/C21H23ClN4O2S/c1-15(28-18-11-7-6-10-17(18)22)20-24-25-21(26(20)2)29-14-19(27)23-13-12-16-8-4-3-5-9-16/h3-11,15H,12-14H2,1-2H3,(H,23,27). The maximum Gasteiger partial charge on any atom is 0.230 e. The van der Waals surface area contributed by atoms with Crippen molar-refractivity contribution in [1.82, 2.24) is 20.1 Å². The molecule has 152 valence electrons. The zero-order chi connectivity index (χ0) is 20.6. The summed E-state index contributed by atoms with van der Waals surface area (Å²) in [5, 5.41) is 12.5. The van der Waals surface area contributed by atoms with E-state index in [0.717, 1.165) is 6.42 Å². The third-order valence-corrected chi connectivity index (χ3v) is 5.62. The minimum Gasteiger partial charge on any atom is -0.481 e. The summed E-state index contributed by atoms with van der Waals surface area (Å²) in [4.78, 5) is 12.1. The second-order valence-corrected chi connectivity index (χ2v) is 7.81. The maximum absolute atomic E-state index is 12.1. The zero-order valence-electron chi connectivity index (χ0n) is 16.3. The van der Waals surface area contributed by atoms with Crippen LogP contribution >= 0.6 is 23.4 Å². The van der Waals surface area contributed by atoms with Crippen LogP contribution in [0.25, 0.3) is 0 Å². The second kappa shape index (κ2) is 10.3. The number of nitrogens with one attached hydrogen (secondary N) is 1. The Morgan fingerprint density at radius 2 is 1.90 bits per heavy atom. The molecule has 29 heavy (non-hydrogen) atoms. The molecule has 3 aromatic rings. The van der Waals surface area contributed by atoms with Crippen molar-refractivity contribution < 1.29 is 9.53 Å². The van der Waals surface area contributed by atoms with Gasteiger partial charge in [-0.05, 0) is 31.0 Å². The Hall–Kier alpha value is -2.51. The van der Waals surface area contributed by atoms with E-state index in [-0.39, 0.29) is 17.8 Å². The van der Waals surface area contributed by atoms with Gasteiger partial charge in [-0.2, -0.15) is 0 Å². The van der Waals surface area contributed by atoms with E-state index < -0.39 is 0 Å². The molecule has 8 heteroatoms. The molecule has 0 bridgehead atoms. The first kappa shape index (κ1) is 21.2. The number of benzene rings is 2. The van der Waals surface area contributed by atoms with Crippen LogP contribution in [0.4, 0.5) is 0 Å². The van der Waals surface area contributed by atoms with Gasteiger partial charge in [0.05, 0.1) is 10.8 Å². The van der Waals surface area contributed by atoms with Gasteiger partial charge in [-0.3, -0.25) is 4.79 Å². The monoisotopic (exact) mass is 430 g/mol. The number of ether oxygens (including phenoxy) is 1. The first-order valence-electron chi connectivity index (χ1n) is 9.28. The largest absolute Gasteiger partial charge is 0.481 e. The van der Waals surface area contributed by atoms with E-state index in [9.17, 15) is 4.79 Å². The summed E-state index contributed by atoms with van der Waals surface area (Å²) < 4.78 is 7.74. The molecular weight excluding hydrogens is 408 g/mol. The molecule has 0 aliphatic carbocycles. The van der Waals surface area contributed by atoms with Crippen LogP contribution in [0, 0.1) is 0 Å². The Labute approximate surface area is 179 Å². The third-order valence-electron chi connectivity index (χ3n) is 4.28. The number of carbonyl (C=O) groups is 1. The summed E-state index contributed by atoms with van der Waals surface area (Å²) in [5.74, 6) is 1.50. The highest BCUT2D eigenvalue weighted by atomic mass is 35.5.